The number of rotatable bonds is 8. The first-order valence-electron chi connectivity index (χ1n) is 11.6. The lowest BCUT2D eigenvalue weighted by Crippen LogP contribution is -2.31. The van der Waals surface area contributed by atoms with Gasteiger partial charge in [0.25, 0.3) is 17.7 Å². The normalized spacial score (nSPS) is 15.0. The molecule has 2 heterocycles. The van der Waals surface area contributed by atoms with Gasteiger partial charge in [-0.25, -0.2) is 0 Å². The third-order valence-electron chi connectivity index (χ3n) is 6.21. The van der Waals surface area contributed by atoms with Gasteiger partial charge in [0.1, 0.15) is 0 Å². The van der Waals surface area contributed by atoms with Crippen LogP contribution in [0.15, 0.2) is 36.4 Å². The number of anilines is 2. The Bertz CT molecular complexity index is 1140. The molecule has 2 aliphatic heterocycles. The number of fused-ring (bicyclic) bond motifs is 1. The predicted octanol–water partition coefficient (Wildman–Crippen LogP) is 3.46. The number of ether oxygens (including phenoxy) is 1. The molecule has 8 heteroatoms. The SMILES string of the molecule is Cc1ccc2c(c1)C(=O)N(CCCC(=O)OCC(=O)Nc1ccc(N3CCCC3)cc1C)C2=O. The van der Waals surface area contributed by atoms with E-state index in [0.29, 0.717) is 16.8 Å². The molecule has 4 rings (SSSR count). The highest BCUT2D eigenvalue weighted by atomic mass is 16.5. The summed E-state index contributed by atoms with van der Waals surface area (Å²) >= 11 is 0. The van der Waals surface area contributed by atoms with E-state index in [2.05, 4.69) is 10.2 Å². The monoisotopic (exact) mass is 463 g/mol. The van der Waals surface area contributed by atoms with Crippen LogP contribution in [0.5, 0.6) is 0 Å². The highest BCUT2D eigenvalue weighted by Gasteiger charge is 2.35. The Morgan fingerprint density at radius 1 is 0.971 bits per heavy atom. The van der Waals surface area contributed by atoms with Crippen molar-refractivity contribution in [3.05, 3.63) is 58.7 Å². The van der Waals surface area contributed by atoms with Gasteiger partial charge in [0.15, 0.2) is 6.61 Å². The largest absolute Gasteiger partial charge is 0.456 e. The number of hydrogen-bond donors (Lipinski definition) is 1. The predicted molar refractivity (Wildman–Crippen MR) is 128 cm³/mol. The van der Waals surface area contributed by atoms with Crippen LogP contribution in [0, 0.1) is 13.8 Å². The first-order valence-corrected chi connectivity index (χ1v) is 11.6. The number of nitrogens with zero attached hydrogens (tertiary/aromatic N) is 2. The molecule has 8 nitrogen and oxygen atoms in total. The maximum atomic E-state index is 12.5. The van der Waals surface area contributed by atoms with Crippen LogP contribution in [0.3, 0.4) is 0 Å². The fourth-order valence-electron chi connectivity index (χ4n) is 4.35. The lowest BCUT2D eigenvalue weighted by atomic mass is 10.1. The van der Waals surface area contributed by atoms with E-state index in [4.69, 9.17) is 4.74 Å². The van der Waals surface area contributed by atoms with Gasteiger partial charge in [-0.2, -0.15) is 0 Å². The van der Waals surface area contributed by atoms with Crippen molar-refractivity contribution >= 4 is 35.1 Å². The zero-order valence-corrected chi connectivity index (χ0v) is 19.6. The molecule has 0 aromatic heterocycles. The topological polar surface area (TPSA) is 96.0 Å². The Kier molecular flexibility index (Phi) is 6.95. The molecule has 2 aromatic rings. The number of amides is 3. The first kappa shape index (κ1) is 23.5. The molecule has 34 heavy (non-hydrogen) atoms. The second-order valence-electron chi connectivity index (χ2n) is 8.82. The van der Waals surface area contributed by atoms with Gasteiger partial charge in [-0.1, -0.05) is 11.6 Å². The summed E-state index contributed by atoms with van der Waals surface area (Å²) in [5.74, 6) is -1.66. The zero-order chi connectivity index (χ0) is 24.2. The van der Waals surface area contributed by atoms with Crippen molar-refractivity contribution in [3.8, 4) is 0 Å². The van der Waals surface area contributed by atoms with E-state index < -0.39 is 18.5 Å². The quantitative estimate of drug-likeness (QED) is 0.476. The Morgan fingerprint density at radius 2 is 1.71 bits per heavy atom. The van der Waals surface area contributed by atoms with Gasteiger partial charge in [0.05, 0.1) is 11.1 Å². The summed E-state index contributed by atoms with van der Waals surface area (Å²) in [5, 5.41) is 2.78. The van der Waals surface area contributed by atoms with E-state index in [9.17, 15) is 19.2 Å². The second kappa shape index (κ2) is 10.1. The molecule has 1 N–H and O–H groups in total. The summed E-state index contributed by atoms with van der Waals surface area (Å²) in [7, 11) is 0. The second-order valence-corrected chi connectivity index (χ2v) is 8.82. The van der Waals surface area contributed by atoms with Gasteiger partial charge in [-0.15, -0.1) is 0 Å². The average Bonchev–Trinajstić information content (AvgIpc) is 3.43. The molecule has 0 radical (unpaired) electrons. The summed E-state index contributed by atoms with van der Waals surface area (Å²) in [4.78, 5) is 52.7. The molecule has 3 amide bonds. The molecular formula is C26H29N3O5. The number of esters is 1. The molecule has 2 aromatic carbocycles. The summed E-state index contributed by atoms with van der Waals surface area (Å²) in [6.45, 7) is 5.62. The summed E-state index contributed by atoms with van der Waals surface area (Å²) < 4.78 is 5.07. The van der Waals surface area contributed by atoms with E-state index in [-0.39, 0.29) is 31.2 Å². The molecule has 1 saturated heterocycles. The molecule has 0 aliphatic carbocycles. The van der Waals surface area contributed by atoms with Crippen LogP contribution in [-0.4, -0.2) is 54.8 Å². The van der Waals surface area contributed by atoms with Crippen molar-refractivity contribution in [3.63, 3.8) is 0 Å². The Morgan fingerprint density at radius 3 is 2.44 bits per heavy atom. The molecule has 0 bridgehead atoms. The third-order valence-corrected chi connectivity index (χ3v) is 6.21. The van der Waals surface area contributed by atoms with Gasteiger partial charge in [-0.05, 0) is 69.0 Å². The van der Waals surface area contributed by atoms with Gasteiger partial charge >= 0.3 is 5.97 Å². The van der Waals surface area contributed by atoms with Crippen LogP contribution in [0.4, 0.5) is 11.4 Å². The average molecular weight is 464 g/mol. The Balaban J connectivity index is 1.20. The maximum absolute atomic E-state index is 12.5. The van der Waals surface area contributed by atoms with Crippen molar-refractivity contribution in [1.29, 1.82) is 0 Å². The van der Waals surface area contributed by atoms with E-state index >= 15 is 0 Å². The third kappa shape index (κ3) is 5.11. The van der Waals surface area contributed by atoms with Crippen LogP contribution >= 0.6 is 0 Å². The minimum Gasteiger partial charge on any atom is -0.456 e. The molecule has 0 atom stereocenters. The van der Waals surface area contributed by atoms with Crippen molar-refractivity contribution < 1.29 is 23.9 Å². The van der Waals surface area contributed by atoms with Gasteiger partial charge in [0.2, 0.25) is 0 Å². The molecule has 178 valence electrons. The van der Waals surface area contributed by atoms with Gasteiger partial charge in [-0.3, -0.25) is 24.1 Å². The van der Waals surface area contributed by atoms with Crippen LogP contribution in [0.1, 0.15) is 57.5 Å². The highest BCUT2D eigenvalue weighted by Crippen LogP contribution is 2.26. The summed E-state index contributed by atoms with van der Waals surface area (Å²) in [6.07, 6.45) is 2.66. The molecule has 1 fully saturated rings. The molecule has 2 aliphatic rings. The van der Waals surface area contributed by atoms with Crippen LogP contribution in [-0.2, 0) is 14.3 Å². The number of imide groups is 1. The molecule has 0 unspecified atom stereocenters. The Labute approximate surface area is 198 Å². The van der Waals surface area contributed by atoms with Crippen molar-refractivity contribution in [2.45, 2.75) is 39.5 Å². The lowest BCUT2D eigenvalue weighted by Gasteiger charge is -2.19. The maximum Gasteiger partial charge on any atom is 0.306 e. The number of nitrogens with one attached hydrogen (secondary N) is 1. The van der Waals surface area contributed by atoms with Gasteiger partial charge < -0.3 is 15.0 Å². The number of benzene rings is 2. The number of hydrogen-bond acceptors (Lipinski definition) is 6. The smallest absolute Gasteiger partial charge is 0.306 e. The molecular weight excluding hydrogens is 434 g/mol. The number of carbonyl (C=O) groups excluding carboxylic acids is 4. The lowest BCUT2D eigenvalue weighted by molar-refractivity contribution is -0.147. The van der Waals surface area contributed by atoms with Crippen molar-refractivity contribution in [1.82, 2.24) is 4.90 Å². The van der Waals surface area contributed by atoms with E-state index in [1.165, 1.54) is 12.8 Å². The summed E-state index contributed by atoms with van der Waals surface area (Å²) in [5.41, 5.74) is 4.46. The van der Waals surface area contributed by atoms with E-state index in [1.807, 2.05) is 32.0 Å². The molecule has 0 saturated carbocycles. The zero-order valence-electron chi connectivity index (χ0n) is 19.6. The Hall–Kier alpha value is -3.68. The molecule has 0 spiro atoms. The van der Waals surface area contributed by atoms with E-state index in [1.54, 1.807) is 18.2 Å². The fourth-order valence-corrected chi connectivity index (χ4v) is 4.35. The van der Waals surface area contributed by atoms with Crippen LogP contribution in [0.25, 0.3) is 0 Å². The van der Waals surface area contributed by atoms with Crippen molar-refractivity contribution in [2.75, 3.05) is 36.5 Å². The minimum atomic E-state index is -0.552. The fraction of sp³-hybridized carbons (Fsp3) is 0.385. The van der Waals surface area contributed by atoms with Gasteiger partial charge in [0, 0.05) is 37.4 Å². The number of aryl methyl sites for hydroxylation is 2. The van der Waals surface area contributed by atoms with Crippen LogP contribution < -0.4 is 10.2 Å². The first-order chi connectivity index (χ1) is 16.3. The summed E-state index contributed by atoms with van der Waals surface area (Å²) in [6, 6.07) is 11.0. The minimum absolute atomic E-state index is 0.00325. The number of carbonyl (C=O) groups is 4. The highest BCUT2D eigenvalue weighted by molar-refractivity contribution is 6.21. The van der Waals surface area contributed by atoms with E-state index in [0.717, 1.165) is 34.8 Å². The van der Waals surface area contributed by atoms with Crippen molar-refractivity contribution in [2.24, 2.45) is 0 Å². The standard InChI is InChI=1S/C26H29N3O5/c1-17-7-9-20-21(14-17)26(33)29(25(20)32)13-5-6-24(31)34-16-23(30)27-22-10-8-19(15-18(22)2)28-11-3-4-12-28/h7-10,14-15H,3-6,11-13,16H2,1-2H3,(H,27,30). The van der Waals surface area contributed by atoms with Crippen LogP contribution in [0.2, 0.25) is 0 Å².